The van der Waals surface area contributed by atoms with Crippen LogP contribution in [0.3, 0.4) is 0 Å². The minimum atomic E-state index is -4.83. The van der Waals surface area contributed by atoms with Crippen LogP contribution in [0.5, 0.6) is 0 Å². The Bertz CT molecular complexity index is 1730. The van der Waals surface area contributed by atoms with E-state index in [9.17, 15) is 32.3 Å². The molecule has 3 aromatic heterocycles. The molecule has 0 saturated heterocycles. The molecule has 11 nitrogen and oxygen atoms in total. The third-order valence-corrected chi connectivity index (χ3v) is 10.1. The summed E-state index contributed by atoms with van der Waals surface area (Å²) in [7, 11) is -8.91. The summed E-state index contributed by atoms with van der Waals surface area (Å²) >= 11 is 6.16. The maximum atomic E-state index is 14.8. The van der Waals surface area contributed by atoms with E-state index >= 15 is 0 Å². The Morgan fingerprint density at radius 2 is 1.92 bits per heavy atom. The lowest BCUT2D eigenvalue weighted by atomic mass is 9.92. The quantitative estimate of drug-likeness (QED) is 0.239. The molecule has 39 heavy (non-hydrogen) atoms. The number of anilines is 1. The molecule has 4 aromatic rings. The average molecular weight is 596 g/mol. The predicted octanol–water partition coefficient (Wildman–Crippen LogP) is 4.05. The van der Waals surface area contributed by atoms with Crippen molar-refractivity contribution in [2.24, 2.45) is 0 Å². The molecule has 4 N–H and O–H groups in total. The molecule has 0 unspecified atom stereocenters. The van der Waals surface area contributed by atoms with Crippen LogP contribution in [-0.4, -0.2) is 53.6 Å². The van der Waals surface area contributed by atoms with Gasteiger partial charge in [0.25, 0.3) is 10.0 Å². The van der Waals surface area contributed by atoms with Crippen molar-refractivity contribution in [1.82, 2.24) is 18.9 Å². The third-order valence-electron chi connectivity index (χ3n) is 6.73. The van der Waals surface area contributed by atoms with Crippen LogP contribution in [0.25, 0.3) is 22.4 Å². The van der Waals surface area contributed by atoms with E-state index in [4.69, 9.17) is 11.6 Å². The molecule has 5 rings (SSSR count). The van der Waals surface area contributed by atoms with Gasteiger partial charge in [0, 0.05) is 35.8 Å². The number of pyridine rings is 1. The van der Waals surface area contributed by atoms with E-state index < -0.39 is 34.8 Å². The first-order valence-electron chi connectivity index (χ1n) is 11.8. The molecule has 206 valence electrons. The summed E-state index contributed by atoms with van der Waals surface area (Å²) in [5.41, 5.74) is 1.17. The fraction of sp³-hybridized carbons (Fsp3) is 0.292. The first-order chi connectivity index (χ1) is 18.3. The molecule has 1 fully saturated rings. The molecular formula is C24H24ClFN5O6PS. The fourth-order valence-corrected chi connectivity index (χ4v) is 7.04. The summed E-state index contributed by atoms with van der Waals surface area (Å²) in [6.45, 7) is 1.83. The largest absolute Gasteiger partial charge is 0.377 e. The molecule has 0 spiro atoms. The Kier molecular flexibility index (Phi) is 7.03. The van der Waals surface area contributed by atoms with Crippen molar-refractivity contribution in [3.63, 3.8) is 0 Å². The lowest BCUT2D eigenvalue weighted by molar-refractivity contribution is 0.0506. The Morgan fingerprint density at radius 1 is 1.21 bits per heavy atom. The summed E-state index contributed by atoms with van der Waals surface area (Å²) < 4.78 is 54.6. The van der Waals surface area contributed by atoms with Gasteiger partial charge in [-0.25, -0.2) is 31.7 Å². The zero-order chi connectivity index (χ0) is 28.2. The molecule has 1 aliphatic rings. The molecule has 15 heteroatoms. The van der Waals surface area contributed by atoms with Crippen molar-refractivity contribution < 1.29 is 32.3 Å². The van der Waals surface area contributed by atoms with E-state index in [0.29, 0.717) is 18.2 Å². The van der Waals surface area contributed by atoms with Gasteiger partial charge in [0.2, 0.25) is 0 Å². The van der Waals surface area contributed by atoms with E-state index in [1.807, 2.05) is 6.92 Å². The van der Waals surface area contributed by atoms with Crippen LogP contribution in [0.2, 0.25) is 5.02 Å². The fourth-order valence-electron chi connectivity index (χ4n) is 4.65. The van der Waals surface area contributed by atoms with Crippen LogP contribution in [0, 0.1) is 12.7 Å². The number of hydrogen-bond donors (Lipinski definition) is 4. The monoisotopic (exact) mass is 595 g/mol. The minimum absolute atomic E-state index is 0.0329. The van der Waals surface area contributed by atoms with E-state index in [-0.39, 0.29) is 45.6 Å². The summed E-state index contributed by atoms with van der Waals surface area (Å²) in [6.07, 6.45) is 3.80. The van der Waals surface area contributed by atoms with E-state index in [0.717, 1.165) is 15.7 Å². The standard InChI is InChI=1S/C24H24ClFN5O6PS/c1-14-4-6-17(7-5-14)39(36,37)31-13-19(18-9-15(25)11-28-23(18)31)21-27-12-20(26)22(30-21)29-16-3-2-8-24(32,10-16)38(33,34)35/h4-7,9,11-13,16,32H,2-3,8,10H2,1H3,(H,27,29,30)(H2,33,34,35)/t16-,24-/m0/s1. The van der Waals surface area contributed by atoms with Crippen LogP contribution in [0.1, 0.15) is 31.2 Å². The van der Waals surface area contributed by atoms with Gasteiger partial charge in [0.1, 0.15) is 0 Å². The summed E-state index contributed by atoms with van der Waals surface area (Å²) in [6, 6.07) is 7.11. The van der Waals surface area contributed by atoms with Crippen molar-refractivity contribution >= 4 is 46.1 Å². The molecule has 2 atom stereocenters. The highest BCUT2D eigenvalue weighted by molar-refractivity contribution is 7.90. The zero-order valence-corrected chi connectivity index (χ0v) is 23.0. The second-order valence-electron chi connectivity index (χ2n) is 9.54. The topological polar surface area (TPSA) is 168 Å². The number of aryl methyl sites for hydroxylation is 1. The van der Waals surface area contributed by atoms with Gasteiger partial charge in [-0.15, -0.1) is 0 Å². The normalized spacial score (nSPS) is 20.3. The van der Waals surface area contributed by atoms with Gasteiger partial charge in [-0.1, -0.05) is 29.3 Å². The molecule has 1 saturated carbocycles. The maximum Gasteiger partial charge on any atom is 0.356 e. The second-order valence-corrected chi connectivity index (χ2v) is 13.7. The van der Waals surface area contributed by atoms with Crippen molar-refractivity contribution in [3.8, 4) is 11.4 Å². The Hall–Kier alpha value is -2.93. The zero-order valence-electron chi connectivity index (χ0n) is 20.5. The predicted molar refractivity (Wildman–Crippen MR) is 142 cm³/mol. The lowest BCUT2D eigenvalue weighted by Gasteiger charge is -2.37. The van der Waals surface area contributed by atoms with Crippen LogP contribution in [0.4, 0.5) is 10.2 Å². The molecule has 0 radical (unpaired) electrons. The number of rotatable bonds is 6. The number of fused-ring (bicyclic) bond motifs is 1. The number of aliphatic hydroxyl groups is 1. The maximum absolute atomic E-state index is 14.8. The highest BCUT2D eigenvalue weighted by Gasteiger charge is 2.48. The smallest absolute Gasteiger partial charge is 0.356 e. The van der Waals surface area contributed by atoms with Gasteiger partial charge in [-0.2, -0.15) is 0 Å². The first-order valence-corrected chi connectivity index (χ1v) is 15.3. The van der Waals surface area contributed by atoms with E-state index in [1.54, 1.807) is 12.1 Å². The minimum Gasteiger partial charge on any atom is -0.377 e. The lowest BCUT2D eigenvalue weighted by Crippen LogP contribution is -2.40. The highest BCUT2D eigenvalue weighted by Crippen LogP contribution is 2.56. The Morgan fingerprint density at radius 3 is 2.62 bits per heavy atom. The van der Waals surface area contributed by atoms with Crippen LogP contribution < -0.4 is 5.32 Å². The van der Waals surface area contributed by atoms with E-state index in [1.165, 1.54) is 30.6 Å². The highest BCUT2D eigenvalue weighted by atomic mass is 35.5. The van der Waals surface area contributed by atoms with Crippen LogP contribution in [0.15, 0.2) is 53.8 Å². The summed E-state index contributed by atoms with van der Waals surface area (Å²) in [5.74, 6) is -1.14. The number of nitrogens with one attached hydrogen (secondary N) is 1. The SMILES string of the molecule is Cc1ccc(S(=O)(=O)n2cc(-c3ncc(F)c(N[C@H]4CCC[C@](O)(P(=O)(O)O)C4)n3)c3cc(Cl)cnc32)cc1. The van der Waals surface area contributed by atoms with Gasteiger partial charge in [-0.3, -0.25) is 4.57 Å². The number of aromatic nitrogens is 4. The van der Waals surface area contributed by atoms with Gasteiger partial charge < -0.3 is 20.2 Å². The summed E-state index contributed by atoms with van der Waals surface area (Å²) in [5, 5.41) is 11.6. The Balaban J connectivity index is 1.57. The average Bonchev–Trinajstić information content (AvgIpc) is 3.24. The van der Waals surface area contributed by atoms with Crippen molar-refractivity contribution in [2.45, 2.75) is 48.9 Å². The number of halogens is 2. The molecule has 1 aliphatic carbocycles. The van der Waals surface area contributed by atoms with Gasteiger partial charge >= 0.3 is 7.60 Å². The van der Waals surface area contributed by atoms with Gasteiger partial charge in [-0.05, 0) is 44.4 Å². The first kappa shape index (κ1) is 27.6. The van der Waals surface area contributed by atoms with Crippen LogP contribution in [-0.2, 0) is 14.6 Å². The van der Waals surface area contributed by atoms with Crippen molar-refractivity contribution in [1.29, 1.82) is 0 Å². The molecule has 0 amide bonds. The third kappa shape index (κ3) is 5.18. The second kappa shape index (κ2) is 9.92. The number of nitrogens with zero attached hydrogens (tertiary/aromatic N) is 4. The molecular weight excluding hydrogens is 572 g/mol. The van der Waals surface area contributed by atoms with Gasteiger partial charge in [0.15, 0.2) is 28.4 Å². The number of hydrogen-bond acceptors (Lipinski definition) is 8. The molecule has 1 aromatic carbocycles. The Labute approximate surface area is 227 Å². The molecule has 0 aliphatic heterocycles. The van der Waals surface area contributed by atoms with Crippen molar-refractivity contribution in [2.75, 3.05) is 5.32 Å². The molecule has 3 heterocycles. The summed E-state index contributed by atoms with van der Waals surface area (Å²) in [4.78, 5) is 31.7. The van der Waals surface area contributed by atoms with E-state index in [2.05, 4.69) is 20.3 Å². The van der Waals surface area contributed by atoms with Crippen molar-refractivity contribution in [3.05, 3.63) is 65.3 Å². The molecule has 0 bridgehead atoms. The number of benzene rings is 1. The van der Waals surface area contributed by atoms with Gasteiger partial charge in [0.05, 0.1) is 16.1 Å². The van der Waals surface area contributed by atoms with Crippen LogP contribution >= 0.6 is 19.2 Å².